The van der Waals surface area contributed by atoms with E-state index in [-0.39, 0.29) is 0 Å². The van der Waals surface area contributed by atoms with E-state index < -0.39 is 0 Å². The van der Waals surface area contributed by atoms with Crippen molar-refractivity contribution in [3.8, 4) is 0 Å². The Kier molecular flexibility index (Phi) is 3.40. The molecular formula is C10H18ClN2+. The van der Waals surface area contributed by atoms with Crippen molar-refractivity contribution in [2.75, 3.05) is 28.2 Å². The number of hydrogen-bond donors (Lipinski definition) is 1. The third-order valence-corrected chi connectivity index (χ3v) is 2.63. The van der Waals surface area contributed by atoms with Gasteiger partial charge in [-0.2, -0.15) is 0 Å². The van der Waals surface area contributed by atoms with Crippen LogP contribution < -0.4 is 4.90 Å². The van der Waals surface area contributed by atoms with Crippen LogP contribution in [0.2, 0.25) is 0 Å². The predicted molar refractivity (Wildman–Crippen MR) is 56.7 cm³/mol. The van der Waals surface area contributed by atoms with Crippen LogP contribution in [0.1, 0.15) is 12.8 Å². The number of nitrogens with zero attached hydrogens (tertiary/aromatic N) is 1. The van der Waals surface area contributed by atoms with Crippen molar-refractivity contribution >= 4 is 11.6 Å². The van der Waals surface area contributed by atoms with Gasteiger partial charge in [-0.05, 0) is 12.8 Å². The molecule has 0 bridgehead atoms. The molecule has 0 aliphatic heterocycles. The molecule has 0 aromatic rings. The van der Waals surface area contributed by atoms with Gasteiger partial charge < -0.3 is 9.80 Å². The van der Waals surface area contributed by atoms with E-state index in [0.29, 0.717) is 0 Å². The summed E-state index contributed by atoms with van der Waals surface area (Å²) in [6, 6.07) is 0. The summed E-state index contributed by atoms with van der Waals surface area (Å²) in [6.45, 7) is 0. The molecule has 0 aromatic carbocycles. The lowest BCUT2D eigenvalue weighted by Gasteiger charge is -2.13. The Hall–Kier alpha value is -0.470. The van der Waals surface area contributed by atoms with Gasteiger partial charge in [-0.1, -0.05) is 11.6 Å². The molecule has 0 unspecified atom stereocenters. The maximum atomic E-state index is 6.24. The van der Waals surface area contributed by atoms with Crippen LogP contribution in [0.5, 0.6) is 0 Å². The summed E-state index contributed by atoms with van der Waals surface area (Å²) in [5, 5.41) is 0.950. The highest BCUT2D eigenvalue weighted by Gasteiger charge is 2.20. The van der Waals surface area contributed by atoms with Crippen LogP contribution in [0, 0.1) is 0 Å². The van der Waals surface area contributed by atoms with Crippen LogP contribution in [-0.2, 0) is 0 Å². The Balaban J connectivity index is 2.86. The Labute approximate surface area is 85.5 Å². The number of rotatable bonds is 2. The third-order valence-electron chi connectivity index (χ3n) is 2.17. The molecule has 2 nitrogen and oxygen atoms in total. The summed E-state index contributed by atoms with van der Waals surface area (Å²) >= 11 is 6.24. The Morgan fingerprint density at radius 1 is 1.31 bits per heavy atom. The zero-order chi connectivity index (χ0) is 10.0. The summed E-state index contributed by atoms with van der Waals surface area (Å²) in [4.78, 5) is 3.42. The van der Waals surface area contributed by atoms with Crippen molar-refractivity contribution < 1.29 is 4.90 Å². The average molecular weight is 202 g/mol. The number of halogens is 1. The summed E-state index contributed by atoms with van der Waals surface area (Å²) in [5.41, 5.74) is 2.54. The molecule has 1 aliphatic carbocycles. The molecule has 1 aliphatic rings. The second-order valence-electron chi connectivity index (χ2n) is 3.90. The van der Waals surface area contributed by atoms with Gasteiger partial charge in [0.25, 0.3) is 0 Å². The van der Waals surface area contributed by atoms with Gasteiger partial charge in [0.2, 0.25) is 0 Å². The highest BCUT2D eigenvalue weighted by molar-refractivity contribution is 6.32. The fourth-order valence-corrected chi connectivity index (χ4v) is 1.97. The van der Waals surface area contributed by atoms with E-state index in [2.05, 4.69) is 25.2 Å². The summed E-state index contributed by atoms with van der Waals surface area (Å²) in [6.07, 6.45) is 4.33. The van der Waals surface area contributed by atoms with Gasteiger partial charge in [0.05, 0.1) is 25.3 Å². The molecule has 3 heteroatoms. The zero-order valence-corrected chi connectivity index (χ0v) is 9.57. The first-order valence-electron chi connectivity index (χ1n) is 4.59. The molecule has 0 aromatic heterocycles. The predicted octanol–water partition coefficient (Wildman–Crippen LogP) is 0.821. The van der Waals surface area contributed by atoms with E-state index in [1.807, 2.05) is 14.1 Å². The molecule has 0 radical (unpaired) electrons. The lowest BCUT2D eigenvalue weighted by atomic mass is 10.2. The van der Waals surface area contributed by atoms with Crippen LogP contribution in [0.25, 0.3) is 0 Å². The molecule has 0 amide bonds. The molecule has 0 fully saturated rings. The van der Waals surface area contributed by atoms with Gasteiger partial charge in [0, 0.05) is 25.4 Å². The standard InChI is InChI=1S/C10H17ClN2/c1-12(2)7-8-5-6-9(10(8)11)13(3)4/h7H,5-6H2,1-4H3/p+1/b8-7+. The SMILES string of the molecule is CN(C)C1=C(Cl)/C(=C/[NH+](C)C)CC1. The van der Waals surface area contributed by atoms with Crippen molar-refractivity contribution in [1.29, 1.82) is 0 Å². The molecule has 1 rings (SSSR count). The van der Waals surface area contributed by atoms with Crippen molar-refractivity contribution in [3.05, 3.63) is 22.5 Å². The Bertz CT molecular complexity index is 252. The molecule has 0 saturated carbocycles. The van der Waals surface area contributed by atoms with Gasteiger partial charge in [0.15, 0.2) is 0 Å². The van der Waals surface area contributed by atoms with Crippen LogP contribution in [0.4, 0.5) is 0 Å². The second kappa shape index (κ2) is 4.16. The van der Waals surface area contributed by atoms with E-state index in [1.165, 1.54) is 16.2 Å². The lowest BCUT2D eigenvalue weighted by molar-refractivity contribution is -0.801. The first kappa shape index (κ1) is 10.6. The van der Waals surface area contributed by atoms with Crippen LogP contribution in [0.15, 0.2) is 22.5 Å². The minimum atomic E-state index is 0.950. The van der Waals surface area contributed by atoms with E-state index in [0.717, 1.165) is 17.9 Å². The smallest absolute Gasteiger partial charge is 0.0986 e. The molecule has 74 valence electrons. The number of quaternary nitrogens is 1. The van der Waals surface area contributed by atoms with E-state index >= 15 is 0 Å². The largest absolute Gasteiger partial charge is 0.380 e. The average Bonchev–Trinajstić information content (AvgIpc) is 2.32. The van der Waals surface area contributed by atoms with Crippen molar-refractivity contribution in [2.24, 2.45) is 0 Å². The van der Waals surface area contributed by atoms with Crippen LogP contribution in [0.3, 0.4) is 0 Å². The highest BCUT2D eigenvalue weighted by atomic mass is 35.5. The number of hydrogen-bond acceptors (Lipinski definition) is 1. The summed E-state index contributed by atoms with van der Waals surface area (Å²) in [5.74, 6) is 0. The molecule has 0 saturated heterocycles. The van der Waals surface area contributed by atoms with E-state index in [9.17, 15) is 0 Å². The normalized spacial score (nSPS) is 20.6. The molecule has 0 heterocycles. The van der Waals surface area contributed by atoms with Gasteiger partial charge in [-0.3, -0.25) is 0 Å². The summed E-state index contributed by atoms with van der Waals surface area (Å²) < 4.78 is 0. The van der Waals surface area contributed by atoms with Gasteiger partial charge in [-0.15, -0.1) is 0 Å². The lowest BCUT2D eigenvalue weighted by Crippen LogP contribution is -3.00. The van der Waals surface area contributed by atoms with Gasteiger partial charge in [-0.25, -0.2) is 0 Å². The topological polar surface area (TPSA) is 7.68 Å². The van der Waals surface area contributed by atoms with E-state index in [4.69, 9.17) is 11.6 Å². The monoisotopic (exact) mass is 201 g/mol. The quantitative estimate of drug-likeness (QED) is 0.696. The van der Waals surface area contributed by atoms with Crippen molar-refractivity contribution in [1.82, 2.24) is 4.90 Å². The maximum absolute atomic E-state index is 6.24. The fraction of sp³-hybridized carbons (Fsp3) is 0.600. The van der Waals surface area contributed by atoms with E-state index in [1.54, 1.807) is 0 Å². The minimum absolute atomic E-state index is 0.950. The van der Waals surface area contributed by atoms with Crippen LogP contribution >= 0.6 is 11.6 Å². The Morgan fingerprint density at radius 3 is 2.31 bits per heavy atom. The third kappa shape index (κ3) is 2.48. The number of allylic oxidation sites excluding steroid dienone is 3. The molecule has 13 heavy (non-hydrogen) atoms. The summed E-state index contributed by atoms with van der Waals surface area (Å²) in [7, 11) is 8.29. The first-order chi connectivity index (χ1) is 6.02. The minimum Gasteiger partial charge on any atom is -0.380 e. The number of nitrogens with one attached hydrogen (secondary N) is 1. The van der Waals surface area contributed by atoms with Gasteiger partial charge >= 0.3 is 0 Å². The van der Waals surface area contributed by atoms with Crippen molar-refractivity contribution in [2.45, 2.75) is 12.8 Å². The first-order valence-corrected chi connectivity index (χ1v) is 4.97. The van der Waals surface area contributed by atoms with Crippen molar-refractivity contribution in [3.63, 3.8) is 0 Å². The molecule has 0 atom stereocenters. The fourth-order valence-electron chi connectivity index (χ4n) is 1.56. The Morgan fingerprint density at radius 2 is 1.92 bits per heavy atom. The van der Waals surface area contributed by atoms with Gasteiger partial charge in [0.1, 0.15) is 0 Å². The zero-order valence-electron chi connectivity index (χ0n) is 8.82. The highest BCUT2D eigenvalue weighted by Crippen LogP contribution is 2.34. The molecule has 1 N–H and O–H groups in total. The maximum Gasteiger partial charge on any atom is 0.0986 e. The molecule has 0 spiro atoms. The van der Waals surface area contributed by atoms with Crippen LogP contribution in [-0.4, -0.2) is 33.1 Å². The second-order valence-corrected chi connectivity index (χ2v) is 4.28. The molecular weight excluding hydrogens is 184 g/mol.